The highest BCUT2D eigenvalue weighted by Crippen LogP contribution is 2.32. The first-order chi connectivity index (χ1) is 10.5. The van der Waals surface area contributed by atoms with Crippen LogP contribution in [0.5, 0.6) is 0 Å². The molecule has 3 aromatic rings. The SMILES string of the molecule is N#Cc1cnc2c(ccn2Cc2ccccc2C(F)(F)F)c1. The second-order valence-electron chi connectivity index (χ2n) is 4.85. The van der Waals surface area contributed by atoms with Crippen LogP contribution in [0, 0.1) is 11.3 Å². The Morgan fingerprint density at radius 3 is 2.68 bits per heavy atom. The molecular weight excluding hydrogens is 291 g/mol. The Hall–Kier alpha value is -2.81. The van der Waals surface area contributed by atoms with E-state index >= 15 is 0 Å². The molecule has 3 rings (SSSR count). The van der Waals surface area contributed by atoms with Gasteiger partial charge in [0.2, 0.25) is 0 Å². The Morgan fingerprint density at radius 2 is 1.95 bits per heavy atom. The third-order valence-electron chi connectivity index (χ3n) is 3.39. The van der Waals surface area contributed by atoms with Crippen LogP contribution in [0.4, 0.5) is 13.2 Å². The smallest absolute Gasteiger partial charge is 0.328 e. The van der Waals surface area contributed by atoms with Crippen molar-refractivity contribution in [2.24, 2.45) is 0 Å². The van der Waals surface area contributed by atoms with E-state index in [9.17, 15) is 13.2 Å². The van der Waals surface area contributed by atoms with E-state index < -0.39 is 11.7 Å². The first-order valence-electron chi connectivity index (χ1n) is 6.49. The molecule has 0 saturated carbocycles. The van der Waals surface area contributed by atoms with Crippen LogP contribution in [-0.2, 0) is 12.7 Å². The van der Waals surface area contributed by atoms with Gasteiger partial charge in [0.15, 0.2) is 0 Å². The van der Waals surface area contributed by atoms with Gasteiger partial charge in [0.25, 0.3) is 0 Å². The van der Waals surface area contributed by atoms with E-state index in [1.54, 1.807) is 29.0 Å². The van der Waals surface area contributed by atoms with Crippen molar-refractivity contribution in [1.82, 2.24) is 9.55 Å². The molecule has 0 fully saturated rings. The van der Waals surface area contributed by atoms with Crippen LogP contribution in [0.2, 0.25) is 0 Å². The highest BCUT2D eigenvalue weighted by Gasteiger charge is 2.32. The van der Waals surface area contributed by atoms with E-state index in [4.69, 9.17) is 5.26 Å². The van der Waals surface area contributed by atoms with Gasteiger partial charge in [0, 0.05) is 24.3 Å². The van der Waals surface area contributed by atoms with Crippen LogP contribution < -0.4 is 0 Å². The fraction of sp³-hybridized carbons (Fsp3) is 0.125. The average molecular weight is 301 g/mol. The zero-order chi connectivity index (χ0) is 15.7. The van der Waals surface area contributed by atoms with Crippen LogP contribution in [-0.4, -0.2) is 9.55 Å². The lowest BCUT2D eigenvalue weighted by atomic mass is 10.1. The van der Waals surface area contributed by atoms with Gasteiger partial charge in [-0.25, -0.2) is 4.98 Å². The Kier molecular flexibility index (Phi) is 3.33. The maximum Gasteiger partial charge on any atom is 0.416 e. The quantitative estimate of drug-likeness (QED) is 0.718. The predicted octanol–water partition coefficient (Wildman–Crippen LogP) is 3.98. The second kappa shape index (κ2) is 5.19. The number of rotatable bonds is 2. The van der Waals surface area contributed by atoms with Crippen molar-refractivity contribution in [2.45, 2.75) is 12.7 Å². The van der Waals surface area contributed by atoms with Crippen molar-refractivity contribution < 1.29 is 13.2 Å². The molecule has 0 unspecified atom stereocenters. The maximum absolute atomic E-state index is 13.0. The fourth-order valence-electron chi connectivity index (χ4n) is 2.39. The molecule has 110 valence electrons. The number of alkyl halides is 3. The first-order valence-corrected chi connectivity index (χ1v) is 6.49. The zero-order valence-electron chi connectivity index (χ0n) is 11.3. The lowest BCUT2D eigenvalue weighted by Crippen LogP contribution is -2.11. The number of benzene rings is 1. The van der Waals surface area contributed by atoms with E-state index in [0.717, 1.165) is 11.5 Å². The molecule has 2 aromatic heterocycles. The standard InChI is InChI=1S/C16H10F3N3/c17-16(18,19)14-4-2-1-3-13(14)10-22-6-5-12-7-11(8-20)9-21-15(12)22/h1-7,9H,10H2. The van der Waals surface area contributed by atoms with Gasteiger partial charge < -0.3 is 4.57 Å². The highest BCUT2D eigenvalue weighted by molar-refractivity contribution is 5.77. The lowest BCUT2D eigenvalue weighted by molar-refractivity contribution is -0.138. The lowest BCUT2D eigenvalue weighted by Gasteiger charge is -2.13. The summed E-state index contributed by atoms with van der Waals surface area (Å²) in [5, 5.41) is 9.57. The van der Waals surface area contributed by atoms with Crippen LogP contribution in [0.1, 0.15) is 16.7 Å². The van der Waals surface area contributed by atoms with E-state index in [2.05, 4.69) is 4.98 Å². The summed E-state index contributed by atoms with van der Waals surface area (Å²) >= 11 is 0. The van der Waals surface area contributed by atoms with Gasteiger partial charge in [-0.15, -0.1) is 0 Å². The van der Waals surface area contributed by atoms with Crippen molar-refractivity contribution in [3.05, 3.63) is 65.5 Å². The summed E-state index contributed by atoms with van der Waals surface area (Å²) in [6.45, 7) is 0.0675. The number of hydrogen-bond acceptors (Lipinski definition) is 2. The molecule has 2 heterocycles. The summed E-state index contributed by atoms with van der Waals surface area (Å²) in [4.78, 5) is 4.16. The van der Waals surface area contributed by atoms with Gasteiger partial charge in [0.1, 0.15) is 11.7 Å². The molecule has 0 amide bonds. The molecule has 0 saturated heterocycles. The predicted molar refractivity (Wildman–Crippen MR) is 75.0 cm³/mol. The highest BCUT2D eigenvalue weighted by atomic mass is 19.4. The van der Waals surface area contributed by atoms with Crippen LogP contribution in [0.25, 0.3) is 11.0 Å². The number of hydrogen-bond donors (Lipinski definition) is 0. The maximum atomic E-state index is 13.0. The third kappa shape index (κ3) is 2.53. The first kappa shape index (κ1) is 14.1. The minimum atomic E-state index is -4.39. The Morgan fingerprint density at radius 1 is 1.18 bits per heavy atom. The number of halogens is 3. The van der Waals surface area contributed by atoms with Crippen molar-refractivity contribution in [1.29, 1.82) is 5.26 Å². The summed E-state index contributed by atoms with van der Waals surface area (Å²) < 4.78 is 40.7. The normalized spacial score (nSPS) is 11.5. The van der Waals surface area contributed by atoms with Crippen LogP contribution in [0.3, 0.4) is 0 Å². The van der Waals surface area contributed by atoms with E-state index in [1.165, 1.54) is 18.3 Å². The largest absolute Gasteiger partial charge is 0.416 e. The van der Waals surface area contributed by atoms with Crippen LogP contribution in [0.15, 0.2) is 48.8 Å². The summed E-state index contributed by atoms with van der Waals surface area (Å²) in [6, 6.07) is 10.9. The van der Waals surface area contributed by atoms with Gasteiger partial charge >= 0.3 is 6.18 Å². The second-order valence-corrected chi connectivity index (χ2v) is 4.85. The van der Waals surface area contributed by atoms with Crippen molar-refractivity contribution in [2.75, 3.05) is 0 Å². The molecule has 1 aromatic carbocycles. The molecule has 0 radical (unpaired) electrons. The van der Waals surface area contributed by atoms with Gasteiger partial charge in [0.05, 0.1) is 11.1 Å². The zero-order valence-corrected chi connectivity index (χ0v) is 11.3. The molecule has 0 aliphatic carbocycles. The molecule has 0 bridgehead atoms. The van der Waals surface area contributed by atoms with Gasteiger partial charge in [-0.2, -0.15) is 18.4 Å². The topological polar surface area (TPSA) is 41.6 Å². The van der Waals surface area contributed by atoms with Crippen molar-refractivity contribution in [3.8, 4) is 6.07 Å². The summed E-state index contributed by atoms with van der Waals surface area (Å²) in [6.07, 6.45) is -1.30. The molecule has 0 N–H and O–H groups in total. The molecule has 6 heteroatoms. The van der Waals surface area contributed by atoms with Gasteiger partial charge in [-0.1, -0.05) is 18.2 Å². The van der Waals surface area contributed by atoms with Crippen molar-refractivity contribution >= 4 is 11.0 Å². The molecule has 3 nitrogen and oxygen atoms in total. The van der Waals surface area contributed by atoms with Crippen molar-refractivity contribution in [3.63, 3.8) is 0 Å². The Labute approximate surface area is 124 Å². The molecule has 0 atom stereocenters. The average Bonchev–Trinajstić information content (AvgIpc) is 2.89. The van der Waals surface area contributed by atoms with E-state index in [-0.39, 0.29) is 12.1 Å². The number of aromatic nitrogens is 2. The van der Waals surface area contributed by atoms with E-state index in [1.807, 2.05) is 6.07 Å². The number of nitrogens with zero attached hydrogens (tertiary/aromatic N) is 3. The molecule has 0 aliphatic heterocycles. The minimum Gasteiger partial charge on any atom is -0.328 e. The van der Waals surface area contributed by atoms with Gasteiger partial charge in [-0.3, -0.25) is 0 Å². The third-order valence-corrected chi connectivity index (χ3v) is 3.39. The van der Waals surface area contributed by atoms with Gasteiger partial charge in [-0.05, 0) is 23.8 Å². The Bertz CT molecular complexity index is 872. The monoisotopic (exact) mass is 301 g/mol. The summed E-state index contributed by atoms with van der Waals surface area (Å²) in [5.74, 6) is 0. The molecule has 0 spiro atoms. The summed E-state index contributed by atoms with van der Waals surface area (Å²) in [7, 11) is 0. The Balaban J connectivity index is 2.03. The van der Waals surface area contributed by atoms with E-state index in [0.29, 0.717) is 11.2 Å². The number of fused-ring (bicyclic) bond motifs is 1. The van der Waals surface area contributed by atoms with Crippen LogP contribution >= 0.6 is 0 Å². The summed E-state index contributed by atoms with van der Waals surface area (Å²) in [5.41, 5.74) is 0.501. The molecular formula is C16H10F3N3. The fourth-order valence-corrected chi connectivity index (χ4v) is 2.39. The minimum absolute atomic E-state index is 0.0675. The number of nitriles is 1. The molecule has 0 aliphatic rings. The number of pyridine rings is 1. The molecule has 22 heavy (non-hydrogen) atoms.